The summed E-state index contributed by atoms with van der Waals surface area (Å²) in [5, 5.41) is 3.82. The van der Waals surface area contributed by atoms with Gasteiger partial charge in [0.25, 0.3) is 0 Å². The van der Waals surface area contributed by atoms with Crippen molar-refractivity contribution in [3.8, 4) is 22.9 Å². The number of nitrogens with zero attached hydrogens (tertiary/aromatic N) is 1. The van der Waals surface area contributed by atoms with E-state index in [1.165, 1.54) is 11.8 Å². The van der Waals surface area contributed by atoms with Crippen molar-refractivity contribution < 1.29 is 13.6 Å². The zero-order valence-electron chi connectivity index (χ0n) is 15.5. The third-order valence-corrected chi connectivity index (χ3v) is 5.73. The lowest BCUT2D eigenvalue weighted by Crippen LogP contribution is -2.24. The first kappa shape index (κ1) is 19.4. The predicted molar refractivity (Wildman–Crippen MR) is 114 cm³/mol. The number of halogens is 1. The molecule has 0 fully saturated rings. The maximum absolute atomic E-state index is 12.7. The first-order valence-corrected chi connectivity index (χ1v) is 10.3. The summed E-state index contributed by atoms with van der Waals surface area (Å²) in [5.74, 6) is 1.17. The van der Waals surface area contributed by atoms with Crippen LogP contribution in [-0.4, -0.2) is 21.1 Å². The van der Waals surface area contributed by atoms with Gasteiger partial charge in [-0.1, -0.05) is 30.3 Å². The van der Waals surface area contributed by atoms with E-state index in [9.17, 15) is 4.79 Å². The van der Waals surface area contributed by atoms with Gasteiger partial charge in [0.05, 0.1) is 17.8 Å². The van der Waals surface area contributed by atoms with Crippen molar-refractivity contribution in [2.24, 2.45) is 0 Å². The number of H-pyrrole nitrogens is 1. The van der Waals surface area contributed by atoms with Crippen LogP contribution in [0.15, 0.2) is 75.0 Å². The number of carbonyl (C=O) groups is 1. The van der Waals surface area contributed by atoms with Crippen LogP contribution < -0.4 is 5.32 Å². The third-order valence-electron chi connectivity index (χ3n) is 4.23. The number of furan rings is 2. The molecule has 0 aliphatic heterocycles. The fourth-order valence-corrected chi connectivity index (χ4v) is 3.84. The lowest BCUT2D eigenvalue weighted by atomic mass is 10.2. The highest BCUT2D eigenvalue weighted by molar-refractivity contribution is 8.00. The maximum Gasteiger partial charge on any atom is 0.237 e. The molecule has 1 aromatic carbocycles. The molecule has 0 bridgehead atoms. The molecule has 0 aliphatic rings. The molecule has 3 heterocycles. The second kappa shape index (κ2) is 8.63. The fourth-order valence-electron chi connectivity index (χ4n) is 2.81. The van der Waals surface area contributed by atoms with Gasteiger partial charge in [-0.05, 0) is 55.0 Å². The molecule has 4 aromatic rings. The number of hydrogen-bond acceptors (Lipinski definition) is 5. The van der Waals surface area contributed by atoms with Crippen LogP contribution in [0.1, 0.15) is 13.3 Å². The smallest absolute Gasteiger partial charge is 0.237 e. The van der Waals surface area contributed by atoms with Crippen molar-refractivity contribution in [2.45, 2.75) is 23.8 Å². The van der Waals surface area contributed by atoms with Gasteiger partial charge < -0.3 is 19.1 Å². The van der Waals surface area contributed by atoms with Crippen LogP contribution in [0.5, 0.6) is 0 Å². The molecule has 0 spiro atoms. The first-order chi connectivity index (χ1) is 14.1. The van der Waals surface area contributed by atoms with Gasteiger partial charge in [-0.2, -0.15) is 0 Å². The van der Waals surface area contributed by atoms with Crippen molar-refractivity contribution in [1.29, 1.82) is 0 Å². The van der Waals surface area contributed by atoms with Gasteiger partial charge in [0, 0.05) is 10.7 Å². The van der Waals surface area contributed by atoms with Crippen LogP contribution in [0.25, 0.3) is 22.9 Å². The fraction of sp³-hybridized carbons (Fsp3) is 0.143. The van der Waals surface area contributed by atoms with E-state index in [4.69, 9.17) is 20.4 Å². The van der Waals surface area contributed by atoms with Crippen molar-refractivity contribution >= 4 is 35.0 Å². The van der Waals surface area contributed by atoms with E-state index in [1.54, 1.807) is 42.9 Å². The Bertz CT molecular complexity index is 1020. The Morgan fingerprint density at radius 2 is 1.83 bits per heavy atom. The molecule has 148 valence electrons. The van der Waals surface area contributed by atoms with Gasteiger partial charge in [-0.3, -0.25) is 4.79 Å². The Morgan fingerprint density at radius 3 is 2.45 bits per heavy atom. The minimum atomic E-state index is -0.328. The average molecular weight is 428 g/mol. The number of amides is 1. The second-order valence-corrected chi connectivity index (χ2v) is 7.86. The SMILES string of the molecule is CCC(Sc1nc(-c2ccco2)c(-c2ccco2)[nH]1)C(=O)Nc1ccc(Cl)cc1. The lowest BCUT2D eigenvalue weighted by Gasteiger charge is -2.13. The summed E-state index contributed by atoms with van der Waals surface area (Å²) in [6.07, 6.45) is 3.83. The predicted octanol–water partition coefficient (Wildman–Crippen LogP) is 6.09. The van der Waals surface area contributed by atoms with Crippen molar-refractivity contribution in [2.75, 3.05) is 5.32 Å². The van der Waals surface area contributed by atoms with Crippen LogP contribution in [-0.2, 0) is 4.79 Å². The van der Waals surface area contributed by atoms with E-state index >= 15 is 0 Å². The summed E-state index contributed by atoms with van der Waals surface area (Å²) < 4.78 is 11.0. The maximum atomic E-state index is 12.7. The molecule has 0 radical (unpaired) electrons. The molecule has 2 N–H and O–H groups in total. The van der Waals surface area contributed by atoms with E-state index in [2.05, 4.69) is 15.3 Å². The number of imidazole rings is 1. The molecular weight excluding hydrogens is 410 g/mol. The molecule has 0 saturated heterocycles. The van der Waals surface area contributed by atoms with Gasteiger partial charge in [0.2, 0.25) is 5.91 Å². The highest BCUT2D eigenvalue weighted by atomic mass is 35.5. The average Bonchev–Trinajstić information content (AvgIpc) is 3.47. The summed E-state index contributed by atoms with van der Waals surface area (Å²) in [4.78, 5) is 20.7. The monoisotopic (exact) mass is 427 g/mol. The quantitative estimate of drug-likeness (QED) is 0.348. The molecule has 29 heavy (non-hydrogen) atoms. The molecule has 1 amide bonds. The molecule has 1 unspecified atom stereocenters. The molecule has 8 heteroatoms. The van der Waals surface area contributed by atoms with E-state index in [1.807, 2.05) is 25.1 Å². The summed E-state index contributed by atoms with van der Waals surface area (Å²) in [6.45, 7) is 1.96. The number of anilines is 1. The van der Waals surface area contributed by atoms with Crippen LogP contribution in [0.2, 0.25) is 5.02 Å². The zero-order chi connectivity index (χ0) is 20.2. The van der Waals surface area contributed by atoms with Crippen molar-refractivity contribution in [3.63, 3.8) is 0 Å². The number of thioether (sulfide) groups is 1. The van der Waals surface area contributed by atoms with Gasteiger partial charge in [-0.25, -0.2) is 4.98 Å². The van der Waals surface area contributed by atoms with E-state index < -0.39 is 0 Å². The Labute approximate surface area is 176 Å². The van der Waals surface area contributed by atoms with Crippen molar-refractivity contribution in [3.05, 3.63) is 66.1 Å². The number of aromatic amines is 1. The molecule has 6 nitrogen and oxygen atoms in total. The molecule has 4 rings (SSSR count). The molecular formula is C21H18ClN3O3S. The summed E-state index contributed by atoms with van der Waals surface area (Å²) >= 11 is 7.26. The lowest BCUT2D eigenvalue weighted by molar-refractivity contribution is -0.115. The van der Waals surface area contributed by atoms with Crippen LogP contribution in [0.3, 0.4) is 0 Å². The van der Waals surface area contributed by atoms with Crippen LogP contribution in [0, 0.1) is 0 Å². The largest absolute Gasteiger partial charge is 0.463 e. The number of rotatable bonds is 7. The summed E-state index contributed by atoms with van der Waals surface area (Å²) in [6, 6.07) is 14.3. The Balaban J connectivity index is 1.56. The Morgan fingerprint density at radius 1 is 1.14 bits per heavy atom. The Kier molecular flexibility index (Phi) is 5.78. The van der Waals surface area contributed by atoms with E-state index in [0.29, 0.717) is 45.2 Å². The van der Waals surface area contributed by atoms with Crippen LogP contribution in [0.4, 0.5) is 5.69 Å². The van der Waals surface area contributed by atoms with Crippen molar-refractivity contribution in [1.82, 2.24) is 9.97 Å². The standard InChI is InChI=1S/C21H18ClN3O3S/c1-2-17(20(26)23-14-9-7-13(22)8-10-14)29-21-24-18(15-5-3-11-27-15)19(25-21)16-6-4-12-28-16/h3-12,17H,2H2,1H3,(H,23,26)(H,24,25). The van der Waals surface area contributed by atoms with Gasteiger partial charge in [0.15, 0.2) is 16.7 Å². The third kappa shape index (κ3) is 4.41. The number of nitrogens with one attached hydrogen (secondary N) is 2. The highest BCUT2D eigenvalue weighted by Gasteiger charge is 2.23. The van der Waals surface area contributed by atoms with E-state index in [0.717, 1.165) is 0 Å². The summed E-state index contributed by atoms with van der Waals surface area (Å²) in [5.41, 5.74) is 2.05. The Hall–Kier alpha value is -2.90. The molecule has 0 saturated carbocycles. The molecule has 0 aliphatic carbocycles. The number of hydrogen-bond donors (Lipinski definition) is 2. The highest BCUT2D eigenvalue weighted by Crippen LogP contribution is 2.35. The minimum absolute atomic E-state index is 0.102. The topological polar surface area (TPSA) is 84.1 Å². The van der Waals surface area contributed by atoms with Gasteiger partial charge in [0.1, 0.15) is 11.4 Å². The van der Waals surface area contributed by atoms with Gasteiger partial charge in [-0.15, -0.1) is 0 Å². The minimum Gasteiger partial charge on any atom is -0.463 e. The van der Waals surface area contributed by atoms with Crippen LogP contribution >= 0.6 is 23.4 Å². The normalized spacial score (nSPS) is 12.1. The van der Waals surface area contributed by atoms with E-state index in [-0.39, 0.29) is 11.2 Å². The number of aromatic nitrogens is 2. The number of carbonyl (C=O) groups excluding carboxylic acids is 1. The number of benzene rings is 1. The molecule has 3 aromatic heterocycles. The van der Waals surface area contributed by atoms with Gasteiger partial charge >= 0.3 is 0 Å². The molecule has 1 atom stereocenters. The summed E-state index contributed by atoms with van der Waals surface area (Å²) in [7, 11) is 0. The second-order valence-electron chi connectivity index (χ2n) is 6.23. The first-order valence-electron chi connectivity index (χ1n) is 9.05. The zero-order valence-corrected chi connectivity index (χ0v) is 17.1.